The molecule has 3 aromatic carbocycles. The van der Waals surface area contributed by atoms with E-state index in [0.29, 0.717) is 48.7 Å². The summed E-state index contributed by atoms with van der Waals surface area (Å²) in [5.74, 6) is -1.11. The topological polar surface area (TPSA) is 70.2 Å². The molecule has 0 N–H and O–H groups in total. The third kappa shape index (κ3) is 7.05. The maximum atomic E-state index is 13.4. The first kappa shape index (κ1) is 31.8. The third-order valence-corrected chi connectivity index (χ3v) is 8.45. The number of esters is 1. The monoisotopic (exact) mass is 619 g/mol. The van der Waals surface area contributed by atoms with Crippen molar-refractivity contribution in [1.82, 2.24) is 9.80 Å². The lowest BCUT2D eigenvalue weighted by molar-refractivity contribution is -0.140. The van der Waals surface area contributed by atoms with Crippen molar-refractivity contribution < 1.29 is 32.3 Å². The predicted molar refractivity (Wildman–Crippen MR) is 164 cm³/mol. The molecule has 2 amide bonds. The highest BCUT2D eigenvalue weighted by Gasteiger charge is 2.37. The van der Waals surface area contributed by atoms with Gasteiger partial charge >= 0.3 is 12.1 Å². The van der Waals surface area contributed by atoms with Crippen molar-refractivity contribution in [3.05, 3.63) is 112 Å². The minimum absolute atomic E-state index is 0.107. The van der Waals surface area contributed by atoms with Crippen LogP contribution in [0.15, 0.2) is 84.1 Å². The molecule has 0 aromatic heterocycles. The number of anilines is 1. The summed E-state index contributed by atoms with van der Waals surface area (Å²) in [6.45, 7) is 7.54. The Morgan fingerprint density at radius 3 is 2.20 bits per heavy atom. The van der Waals surface area contributed by atoms with Crippen molar-refractivity contribution in [2.24, 2.45) is 0 Å². The molecule has 0 spiro atoms. The summed E-state index contributed by atoms with van der Waals surface area (Å²) in [6.07, 6.45) is -4.28. The highest BCUT2D eigenvalue weighted by Crippen LogP contribution is 2.38. The van der Waals surface area contributed by atoms with Gasteiger partial charge in [-0.05, 0) is 62.2 Å². The number of piperazine rings is 1. The van der Waals surface area contributed by atoms with Gasteiger partial charge in [-0.2, -0.15) is 13.2 Å². The summed E-state index contributed by atoms with van der Waals surface area (Å²) in [6, 6.07) is 20.0. The van der Waals surface area contributed by atoms with Crippen LogP contribution in [0.25, 0.3) is 0 Å². The largest absolute Gasteiger partial charge is 0.463 e. The van der Waals surface area contributed by atoms with E-state index in [1.165, 1.54) is 6.07 Å². The lowest BCUT2D eigenvalue weighted by atomic mass is 9.83. The summed E-state index contributed by atoms with van der Waals surface area (Å²) in [5, 5.41) is 0. The molecule has 1 saturated heterocycles. The molecular formula is C35H36F3N3O4. The number of hydrogen-bond donors (Lipinski definition) is 0. The van der Waals surface area contributed by atoms with Gasteiger partial charge in [0.05, 0.1) is 24.3 Å². The van der Waals surface area contributed by atoms with Gasteiger partial charge in [-0.1, -0.05) is 48.0 Å². The van der Waals surface area contributed by atoms with Crippen LogP contribution in [0.5, 0.6) is 0 Å². The van der Waals surface area contributed by atoms with Crippen LogP contribution in [-0.2, 0) is 27.0 Å². The second-order valence-electron chi connectivity index (χ2n) is 11.4. The maximum Gasteiger partial charge on any atom is 0.416 e. The number of nitrogens with zero attached hydrogens (tertiary/aromatic N) is 3. The molecule has 1 unspecified atom stereocenters. The number of benzene rings is 3. The number of halogens is 3. The number of ether oxygens (including phenoxy) is 1. The second kappa shape index (κ2) is 13.2. The molecule has 0 bridgehead atoms. The lowest BCUT2D eigenvalue weighted by Crippen LogP contribution is -2.48. The Morgan fingerprint density at radius 2 is 1.58 bits per heavy atom. The number of amides is 2. The van der Waals surface area contributed by atoms with E-state index in [-0.39, 0.29) is 31.4 Å². The summed E-state index contributed by atoms with van der Waals surface area (Å²) < 4.78 is 44.8. The Morgan fingerprint density at radius 1 is 0.911 bits per heavy atom. The van der Waals surface area contributed by atoms with Crippen LogP contribution in [0.4, 0.5) is 18.9 Å². The zero-order valence-electron chi connectivity index (χ0n) is 25.6. The van der Waals surface area contributed by atoms with Gasteiger partial charge in [0.25, 0.3) is 5.91 Å². The molecular weight excluding hydrogens is 583 g/mol. The first-order valence-corrected chi connectivity index (χ1v) is 15.0. The first-order valence-electron chi connectivity index (χ1n) is 15.0. The average molecular weight is 620 g/mol. The number of carbonyl (C=O) groups excluding carboxylic acids is 3. The summed E-state index contributed by atoms with van der Waals surface area (Å²) in [4.78, 5) is 44.8. The van der Waals surface area contributed by atoms with Crippen molar-refractivity contribution in [1.29, 1.82) is 0 Å². The molecule has 0 aliphatic carbocycles. The van der Waals surface area contributed by atoms with E-state index >= 15 is 0 Å². The number of allylic oxidation sites excluding steroid dienone is 1. The van der Waals surface area contributed by atoms with Crippen LogP contribution in [0.3, 0.4) is 0 Å². The van der Waals surface area contributed by atoms with Crippen LogP contribution >= 0.6 is 0 Å². The van der Waals surface area contributed by atoms with Crippen LogP contribution < -0.4 is 4.90 Å². The molecule has 2 heterocycles. The lowest BCUT2D eigenvalue weighted by Gasteiger charge is -2.36. The maximum absolute atomic E-state index is 13.4. The fourth-order valence-corrected chi connectivity index (χ4v) is 5.92. The molecule has 2 aliphatic heterocycles. The van der Waals surface area contributed by atoms with Gasteiger partial charge in [0, 0.05) is 55.5 Å². The average Bonchev–Trinajstić information content (AvgIpc) is 3.03. The van der Waals surface area contributed by atoms with Crippen molar-refractivity contribution in [3.8, 4) is 0 Å². The SMILES string of the molecule is CCOC(=O)C1=C(C)N(Cc2ccc(C(=O)N3CCN(c4cccc(C(F)(F)F)c4)CC3)cc2)C(=O)CC1c1ccc(C)cc1. The molecule has 10 heteroatoms. The summed E-state index contributed by atoms with van der Waals surface area (Å²) >= 11 is 0. The van der Waals surface area contributed by atoms with E-state index in [9.17, 15) is 27.6 Å². The van der Waals surface area contributed by atoms with Crippen LogP contribution in [0.2, 0.25) is 0 Å². The van der Waals surface area contributed by atoms with Gasteiger partial charge in [-0.25, -0.2) is 4.79 Å². The summed E-state index contributed by atoms with van der Waals surface area (Å²) in [7, 11) is 0. The number of rotatable bonds is 7. The minimum atomic E-state index is -4.41. The van der Waals surface area contributed by atoms with Crippen LogP contribution in [0, 0.1) is 6.92 Å². The molecule has 0 radical (unpaired) electrons. The van der Waals surface area contributed by atoms with Gasteiger partial charge in [0.1, 0.15) is 0 Å². The summed E-state index contributed by atoms with van der Waals surface area (Å²) in [5.41, 5.74) is 4.05. The standard InChI is InChI=1S/C35H36F3N3O4/c1-4-45-34(44)32-24(3)41(31(42)21-30(32)26-12-8-23(2)9-13-26)22-25-10-14-27(15-11-25)33(43)40-18-16-39(17-19-40)29-7-5-6-28(20-29)35(36,37)38/h5-15,20,30H,4,16-19,21-22H2,1-3H3. The van der Waals surface area contributed by atoms with E-state index < -0.39 is 23.6 Å². The number of alkyl halides is 3. The number of carbonyl (C=O) groups is 3. The quantitative estimate of drug-likeness (QED) is 0.289. The molecule has 7 nitrogen and oxygen atoms in total. The van der Waals surface area contributed by atoms with Gasteiger partial charge in [0.2, 0.25) is 5.91 Å². The molecule has 236 valence electrons. The Balaban J connectivity index is 1.26. The fraction of sp³-hybridized carbons (Fsp3) is 0.343. The van der Waals surface area contributed by atoms with Crippen molar-refractivity contribution in [3.63, 3.8) is 0 Å². The van der Waals surface area contributed by atoms with E-state index in [1.54, 1.807) is 54.0 Å². The first-order chi connectivity index (χ1) is 21.5. The smallest absolute Gasteiger partial charge is 0.416 e. The second-order valence-corrected chi connectivity index (χ2v) is 11.4. The Labute approximate surface area is 260 Å². The zero-order chi connectivity index (χ0) is 32.3. The van der Waals surface area contributed by atoms with Crippen molar-refractivity contribution >= 4 is 23.5 Å². The highest BCUT2D eigenvalue weighted by atomic mass is 19.4. The van der Waals surface area contributed by atoms with Gasteiger partial charge in [-0.15, -0.1) is 0 Å². The van der Waals surface area contributed by atoms with Crippen LogP contribution in [-0.4, -0.2) is 60.4 Å². The van der Waals surface area contributed by atoms with Gasteiger partial charge in [-0.3, -0.25) is 9.59 Å². The van der Waals surface area contributed by atoms with Crippen molar-refractivity contribution in [2.75, 3.05) is 37.7 Å². The Kier molecular flexibility index (Phi) is 9.32. The Hall–Kier alpha value is -4.60. The van der Waals surface area contributed by atoms with Gasteiger partial charge in [0.15, 0.2) is 0 Å². The molecule has 2 aliphatic rings. The van der Waals surface area contributed by atoms with Crippen molar-refractivity contribution in [2.45, 2.75) is 45.8 Å². The van der Waals surface area contributed by atoms with E-state index in [0.717, 1.165) is 28.8 Å². The zero-order valence-corrected chi connectivity index (χ0v) is 25.6. The highest BCUT2D eigenvalue weighted by molar-refractivity contribution is 5.96. The van der Waals surface area contributed by atoms with E-state index in [1.807, 2.05) is 36.1 Å². The number of hydrogen-bond acceptors (Lipinski definition) is 5. The third-order valence-electron chi connectivity index (χ3n) is 8.45. The molecule has 0 saturated carbocycles. The fourth-order valence-electron chi connectivity index (χ4n) is 5.92. The molecule has 1 atom stereocenters. The molecule has 1 fully saturated rings. The van der Waals surface area contributed by atoms with Crippen LogP contribution in [0.1, 0.15) is 58.8 Å². The molecule has 5 rings (SSSR count). The predicted octanol–water partition coefficient (Wildman–Crippen LogP) is 6.33. The van der Waals surface area contributed by atoms with Gasteiger partial charge < -0.3 is 19.4 Å². The molecule has 45 heavy (non-hydrogen) atoms. The van der Waals surface area contributed by atoms with E-state index in [2.05, 4.69) is 0 Å². The van der Waals surface area contributed by atoms with E-state index in [4.69, 9.17) is 4.74 Å². The normalized spacial score (nSPS) is 17.5. The molecule has 3 aromatic rings. The number of aryl methyl sites for hydroxylation is 1. The Bertz CT molecular complexity index is 1590. The minimum Gasteiger partial charge on any atom is -0.463 e.